The molecule has 4 aromatic carbocycles. The molecule has 0 aliphatic carbocycles. The number of para-hydroxylation sites is 3. The minimum atomic E-state index is -1.05. The molecule has 8 nitrogen and oxygen atoms in total. The third-order valence-electron chi connectivity index (χ3n) is 5.35. The van der Waals surface area contributed by atoms with E-state index in [2.05, 4.69) is 4.99 Å². The number of aliphatic imine (C=N–C) groups is 3. The molecule has 1 unspecified atom stereocenters. The second kappa shape index (κ2) is 11.2. The third kappa shape index (κ3) is 5.78. The number of hydrogen-bond donors (Lipinski definition) is 2. The number of rotatable bonds is 5. The summed E-state index contributed by atoms with van der Waals surface area (Å²) < 4.78 is 1.27. The van der Waals surface area contributed by atoms with Crippen molar-refractivity contribution in [3.63, 3.8) is 0 Å². The molecule has 0 radical (unpaired) electrons. The zero-order chi connectivity index (χ0) is 25.6. The first-order chi connectivity index (χ1) is 18.1. The topological polar surface area (TPSA) is 105 Å². The van der Waals surface area contributed by atoms with Crippen molar-refractivity contribution in [1.82, 2.24) is 0 Å². The Morgan fingerprint density at radius 2 is 1.30 bits per heavy atom. The van der Waals surface area contributed by atoms with E-state index >= 15 is 0 Å². The number of nitrogens with one attached hydrogen (secondary N) is 1. The van der Waals surface area contributed by atoms with Gasteiger partial charge in [-0.2, -0.15) is 0 Å². The molecule has 0 aromatic heterocycles. The molecule has 1 fully saturated rings. The molecular formula is C28H21N5O3Se. The minimum absolute atomic E-state index is 0.106. The van der Waals surface area contributed by atoms with E-state index in [-0.39, 0.29) is 5.69 Å². The molecule has 1 atom stereocenters. The summed E-state index contributed by atoms with van der Waals surface area (Å²) in [6.45, 7) is 0. The fraction of sp³-hybridized carbons (Fsp3) is 0. The average Bonchev–Trinajstić information content (AvgIpc) is 3.26. The van der Waals surface area contributed by atoms with Crippen LogP contribution in [0.4, 0.5) is 22.7 Å². The van der Waals surface area contributed by atoms with Crippen molar-refractivity contribution in [2.45, 2.75) is 0 Å². The molecular weight excluding hydrogens is 533 g/mol. The van der Waals surface area contributed by atoms with Crippen LogP contribution in [0.1, 0.15) is 10.4 Å². The summed E-state index contributed by atoms with van der Waals surface area (Å²) in [5.41, 5.74) is 2.76. The number of quaternary nitrogens is 1. The van der Waals surface area contributed by atoms with Crippen LogP contribution in [-0.2, 0) is 0 Å². The Morgan fingerprint density at radius 1 is 0.757 bits per heavy atom. The summed E-state index contributed by atoms with van der Waals surface area (Å²) in [4.78, 5) is 29.3. The van der Waals surface area contributed by atoms with Crippen molar-refractivity contribution in [2.75, 3.05) is 4.90 Å². The zero-order valence-electron chi connectivity index (χ0n) is 19.4. The Kier molecular flexibility index (Phi) is 7.41. The molecule has 182 valence electrons. The number of carbonyl (C=O) groups excluding carboxylic acids is 1. The summed E-state index contributed by atoms with van der Waals surface area (Å²) in [6.07, 6.45) is 0. The number of anilines is 1. The van der Waals surface area contributed by atoms with Crippen molar-refractivity contribution in [2.24, 2.45) is 15.0 Å². The maximum absolute atomic E-state index is 13.2. The van der Waals surface area contributed by atoms with E-state index < -0.39 is 26.1 Å². The van der Waals surface area contributed by atoms with Crippen LogP contribution in [0.5, 0.6) is 0 Å². The second-order valence-corrected chi connectivity index (χ2v) is 9.88. The van der Waals surface area contributed by atoms with Gasteiger partial charge in [-0.05, 0) is 0 Å². The first-order valence-electron chi connectivity index (χ1n) is 11.4. The Hall–Kier alpha value is -4.24. The number of amides is 1. The van der Waals surface area contributed by atoms with Gasteiger partial charge in [0.1, 0.15) is 0 Å². The van der Waals surface area contributed by atoms with Crippen LogP contribution in [0.25, 0.3) is 0 Å². The van der Waals surface area contributed by atoms with Crippen LogP contribution in [-0.4, -0.2) is 41.3 Å². The fourth-order valence-corrected chi connectivity index (χ4v) is 5.59. The Bertz CT molecular complexity index is 1470. The van der Waals surface area contributed by atoms with Gasteiger partial charge in [0.2, 0.25) is 0 Å². The molecule has 9 heteroatoms. The van der Waals surface area contributed by atoms with Gasteiger partial charge in [0.25, 0.3) is 0 Å². The molecule has 1 heterocycles. The van der Waals surface area contributed by atoms with E-state index in [1.807, 2.05) is 95.9 Å². The quantitative estimate of drug-likeness (QED) is 0.284. The number of benzene rings is 4. The summed E-state index contributed by atoms with van der Waals surface area (Å²) in [6, 6.07) is 34.6. The number of carbonyl (C=O) groups is 1. The number of hydrogen-bond acceptors (Lipinski definition) is 5. The van der Waals surface area contributed by atoms with Crippen molar-refractivity contribution in [1.29, 1.82) is 0 Å². The summed E-state index contributed by atoms with van der Waals surface area (Å²) in [5.74, 6) is 0.142. The van der Waals surface area contributed by atoms with E-state index in [9.17, 15) is 10.0 Å². The molecule has 4 aromatic rings. The van der Waals surface area contributed by atoms with Crippen molar-refractivity contribution >= 4 is 58.8 Å². The molecule has 0 bridgehead atoms. The van der Waals surface area contributed by atoms with E-state index in [1.54, 1.807) is 0 Å². The van der Waals surface area contributed by atoms with Crippen LogP contribution in [0.3, 0.4) is 0 Å². The molecule has 1 saturated heterocycles. The van der Waals surface area contributed by atoms with Crippen LogP contribution in [0.15, 0.2) is 130 Å². The van der Waals surface area contributed by atoms with Gasteiger partial charge < -0.3 is 0 Å². The predicted octanol–water partition coefficient (Wildman–Crippen LogP) is 4.27. The predicted molar refractivity (Wildman–Crippen MR) is 146 cm³/mol. The van der Waals surface area contributed by atoms with Crippen molar-refractivity contribution in [3.8, 4) is 0 Å². The van der Waals surface area contributed by atoms with Crippen molar-refractivity contribution in [3.05, 3.63) is 126 Å². The summed E-state index contributed by atoms with van der Waals surface area (Å²) in [5, 5.41) is 19.3. The van der Waals surface area contributed by atoms with Gasteiger partial charge in [-0.1, -0.05) is 0 Å². The Labute approximate surface area is 219 Å². The third-order valence-corrected chi connectivity index (χ3v) is 7.29. The van der Waals surface area contributed by atoms with Gasteiger partial charge in [-0.15, -0.1) is 0 Å². The monoisotopic (exact) mass is 555 g/mol. The van der Waals surface area contributed by atoms with Gasteiger partial charge in [0.15, 0.2) is 0 Å². The van der Waals surface area contributed by atoms with Gasteiger partial charge >= 0.3 is 220 Å². The first-order valence-corrected chi connectivity index (χ1v) is 13.1. The fourth-order valence-electron chi connectivity index (χ4n) is 3.57. The van der Waals surface area contributed by atoms with Gasteiger partial charge in [-0.3, -0.25) is 0 Å². The number of nitrogens with zero attached hydrogens (tertiary/aromatic N) is 4. The molecule has 0 spiro atoms. The SMILES string of the molecule is O=C(N=C1[Se]C(=Nc2ccccc2)C(=Nc2ccccc2)N1c1ccccc1)c1ccc([NH+]([O-])O)cc1. The number of amidine groups is 2. The first kappa shape index (κ1) is 24.5. The molecule has 2 N–H and O–H groups in total. The van der Waals surface area contributed by atoms with E-state index in [1.165, 1.54) is 24.3 Å². The second-order valence-electron chi connectivity index (χ2n) is 7.88. The van der Waals surface area contributed by atoms with Gasteiger partial charge in [0.05, 0.1) is 0 Å². The summed E-state index contributed by atoms with van der Waals surface area (Å²) in [7, 11) is 0. The van der Waals surface area contributed by atoms with E-state index in [4.69, 9.17) is 15.2 Å². The van der Waals surface area contributed by atoms with Crippen LogP contribution in [0, 0.1) is 5.21 Å². The standard InChI is InChI=1S/C28H21N5O3Se/c34-26(20-16-18-24(19-17-20)33(35)36)31-28-32(23-14-8-3-9-15-23)25(29-21-10-4-1-5-11-21)27(37-28)30-22-12-6-2-7-13-22/h1-19,33,35H. The summed E-state index contributed by atoms with van der Waals surface area (Å²) >= 11 is -0.435. The Morgan fingerprint density at radius 3 is 1.86 bits per heavy atom. The molecule has 1 amide bonds. The van der Waals surface area contributed by atoms with Gasteiger partial charge in [0, 0.05) is 0 Å². The van der Waals surface area contributed by atoms with E-state index in [0.717, 1.165) is 21.7 Å². The van der Waals surface area contributed by atoms with Crippen LogP contribution < -0.4 is 10.1 Å². The van der Waals surface area contributed by atoms with E-state index in [0.29, 0.717) is 16.1 Å². The molecule has 1 aliphatic heterocycles. The molecule has 1 aliphatic rings. The van der Waals surface area contributed by atoms with Gasteiger partial charge in [-0.25, -0.2) is 0 Å². The van der Waals surface area contributed by atoms with Crippen LogP contribution >= 0.6 is 0 Å². The van der Waals surface area contributed by atoms with Crippen molar-refractivity contribution < 1.29 is 15.2 Å². The normalized spacial score (nSPS) is 17.5. The maximum atomic E-state index is 13.2. The Balaban J connectivity index is 1.62. The van der Waals surface area contributed by atoms with Crippen LogP contribution in [0.2, 0.25) is 0 Å². The molecule has 37 heavy (non-hydrogen) atoms. The average molecular weight is 554 g/mol. The zero-order valence-corrected chi connectivity index (χ0v) is 21.1. The molecule has 5 rings (SSSR count). The molecule has 0 saturated carbocycles.